The van der Waals surface area contributed by atoms with Gasteiger partial charge in [0, 0.05) is 17.1 Å². The SMILES string of the molecule is CC(=O)Oc1cccc(/C=C(\C#N)C(=O)Nc2ccc(Br)cc2)c1. The molecule has 2 aromatic carbocycles. The standard InChI is InChI=1S/C18H13BrN2O3/c1-12(22)24-17-4-2-3-13(10-17)9-14(11-20)18(23)21-16-7-5-15(19)6-8-16/h2-10H,1H3,(H,21,23)/b14-9+. The number of carbonyl (C=O) groups is 2. The third-order valence-electron chi connectivity index (χ3n) is 2.90. The van der Waals surface area contributed by atoms with Crippen molar-refractivity contribution in [2.75, 3.05) is 5.32 Å². The Hall–Kier alpha value is -2.91. The minimum Gasteiger partial charge on any atom is -0.427 e. The zero-order valence-corrected chi connectivity index (χ0v) is 14.3. The molecule has 1 amide bonds. The van der Waals surface area contributed by atoms with Crippen LogP contribution < -0.4 is 10.1 Å². The van der Waals surface area contributed by atoms with Crippen LogP contribution in [-0.4, -0.2) is 11.9 Å². The van der Waals surface area contributed by atoms with Gasteiger partial charge < -0.3 is 10.1 Å². The van der Waals surface area contributed by atoms with Crippen molar-refractivity contribution < 1.29 is 14.3 Å². The Morgan fingerprint density at radius 1 is 1.21 bits per heavy atom. The maximum atomic E-state index is 12.2. The number of benzene rings is 2. The van der Waals surface area contributed by atoms with Gasteiger partial charge in [-0.25, -0.2) is 0 Å². The highest BCUT2D eigenvalue weighted by Crippen LogP contribution is 2.18. The Balaban J connectivity index is 2.19. The topological polar surface area (TPSA) is 79.2 Å². The summed E-state index contributed by atoms with van der Waals surface area (Å²) in [5.74, 6) is -0.607. The van der Waals surface area contributed by atoms with Gasteiger partial charge >= 0.3 is 5.97 Å². The summed E-state index contributed by atoms with van der Waals surface area (Å²) in [4.78, 5) is 23.2. The van der Waals surface area contributed by atoms with Crippen LogP contribution in [0.3, 0.4) is 0 Å². The van der Waals surface area contributed by atoms with Crippen molar-refractivity contribution in [3.8, 4) is 11.8 Å². The van der Waals surface area contributed by atoms with Gasteiger partial charge in [0.1, 0.15) is 17.4 Å². The van der Waals surface area contributed by atoms with E-state index in [2.05, 4.69) is 21.2 Å². The van der Waals surface area contributed by atoms with Gasteiger partial charge in [0.2, 0.25) is 0 Å². The molecule has 0 heterocycles. The number of nitrogens with zero attached hydrogens (tertiary/aromatic N) is 1. The largest absolute Gasteiger partial charge is 0.427 e. The predicted molar refractivity (Wildman–Crippen MR) is 94.1 cm³/mol. The molecule has 2 aromatic rings. The monoisotopic (exact) mass is 384 g/mol. The lowest BCUT2D eigenvalue weighted by molar-refractivity contribution is -0.131. The first-order valence-corrected chi connectivity index (χ1v) is 7.74. The normalized spacial score (nSPS) is 10.6. The number of nitrogens with one attached hydrogen (secondary N) is 1. The van der Waals surface area contributed by atoms with Crippen LogP contribution >= 0.6 is 15.9 Å². The minimum atomic E-state index is -0.516. The Morgan fingerprint density at radius 2 is 1.92 bits per heavy atom. The molecule has 2 rings (SSSR count). The molecule has 0 radical (unpaired) electrons. The second-order valence-corrected chi connectivity index (χ2v) is 5.71. The van der Waals surface area contributed by atoms with Crippen LogP contribution in [0.1, 0.15) is 12.5 Å². The van der Waals surface area contributed by atoms with Crippen LogP contribution in [0.4, 0.5) is 5.69 Å². The van der Waals surface area contributed by atoms with Crippen LogP contribution in [0.2, 0.25) is 0 Å². The van der Waals surface area contributed by atoms with E-state index < -0.39 is 11.9 Å². The molecule has 0 saturated carbocycles. The molecule has 0 aromatic heterocycles. The third kappa shape index (κ3) is 5.07. The van der Waals surface area contributed by atoms with Crippen molar-refractivity contribution in [3.63, 3.8) is 0 Å². The quantitative estimate of drug-likeness (QED) is 0.375. The number of hydrogen-bond donors (Lipinski definition) is 1. The second kappa shape index (κ2) is 8.09. The lowest BCUT2D eigenvalue weighted by Gasteiger charge is -2.05. The van der Waals surface area contributed by atoms with Crippen molar-refractivity contribution in [1.29, 1.82) is 5.26 Å². The van der Waals surface area contributed by atoms with E-state index in [1.807, 2.05) is 6.07 Å². The summed E-state index contributed by atoms with van der Waals surface area (Å²) < 4.78 is 5.87. The molecular formula is C18H13BrN2O3. The van der Waals surface area contributed by atoms with Crippen LogP contribution in [-0.2, 0) is 9.59 Å². The fraction of sp³-hybridized carbons (Fsp3) is 0.0556. The molecule has 5 nitrogen and oxygen atoms in total. The summed E-state index contributed by atoms with van der Waals surface area (Å²) in [6, 6.07) is 15.5. The number of anilines is 1. The summed E-state index contributed by atoms with van der Waals surface area (Å²) in [7, 11) is 0. The number of esters is 1. The maximum absolute atomic E-state index is 12.2. The fourth-order valence-corrected chi connectivity index (χ4v) is 2.15. The second-order valence-electron chi connectivity index (χ2n) is 4.80. The van der Waals surface area contributed by atoms with Gasteiger partial charge in [0.05, 0.1) is 0 Å². The highest BCUT2D eigenvalue weighted by atomic mass is 79.9. The lowest BCUT2D eigenvalue weighted by atomic mass is 10.1. The summed E-state index contributed by atoms with van der Waals surface area (Å²) in [5, 5.41) is 11.9. The van der Waals surface area contributed by atoms with Crippen molar-refractivity contribution >= 4 is 39.6 Å². The molecule has 0 saturated heterocycles. The van der Waals surface area contributed by atoms with Crippen LogP contribution in [0.5, 0.6) is 5.75 Å². The first-order valence-electron chi connectivity index (χ1n) is 6.95. The highest BCUT2D eigenvalue weighted by molar-refractivity contribution is 9.10. The van der Waals surface area contributed by atoms with Crippen molar-refractivity contribution in [3.05, 3.63) is 64.1 Å². The summed E-state index contributed by atoms with van der Waals surface area (Å²) >= 11 is 3.31. The Kier molecular flexibility index (Phi) is 5.88. The highest BCUT2D eigenvalue weighted by Gasteiger charge is 2.10. The van der Waals surface area contributed by atoms with E-state index in [9.17, 15) is 14.9 Å². The molecule has 0 aliphatic carbocycles. The van der Waals surface area contributed by atoms with Gasteiger partial charge in [-0.15, -0.1) is 0 Å². The van der Waals surface area contributed by atoms with Crippen LogP contribution in [0.25, 0.3) is 6.08 Å². The van der Waals surface area contributed by atoms with E-state index in [0.29, 0.717) is 17.0 Å². The minimum absolute atomic E-state index is 0.0575. The first-order chi connectivity index (χ1) is 11.5. The Bertz CT molecular complexity index is 836. The molecule has 0 aliphatic rings. The Labute approximate surface area is 147 Å². The molecule has 6 heteroatoms. The zero-order chi connectivity index (χ0) is 17.5. The van der Waals surface area contributed by atoms with Gasteiger partial charge in [-0.1, -0.05) is 28.1 Å². The lowest BCUT2D eigenvalue weighted by Crippen LogP contribution is -2.13. The molecule has 0 atom stereocenters. The fourth-order valence-electron chi connectivity index (χ4n) is 1.88. The summed E-state index contributed by atoms with van der Waals surface area (Å²) in [6.45, 7) is 1.30. The first kappa shape index (κ1) is 17.4. The summed E-state index contributed by atoms with van der Waals surface area (Å²) in [6.07, 6.45) is 1.43. The number of carbonyl (C=O) groups excluding carboxylic acids is 2. The predicted octanol–water partition coefficient (Wildman–Crippen LogP) is 3.92. The molecule has 0 unspecified atom stereocenters. The molecule has 0 spiro atoms. The average molecular weight is 385 g/mol. The number of ether oxygens (including phenoxy) is 1. The molecule has 0 aliphatic heterocycles. The number of amides is 1. The molecule has 24 heavy (non-hydrogen) atoms. The van der Waals surface area contributed by atoms with E-state index in [-0.39, 0.29) is 5.57 Å². The Morgan fingerprint density at radius 3 is 2.54 bits per heavy atom. The third-order valence-corrected chi connectivity index (χ3v) is 3.43. The zero-order valence-electron chi connectivity index (χ0n) is 12.7. The molecule has 0 fully saturated rings. The molecular weight excluding hydrogens is 372 g/mol. The van der Waals surface area contributed by atoms with Gasteiger partial charge in [-0.05, 0) is 48.0 Å². The smallest absolute Gasteiger partial charge is 0.308 e. The molecule has 1 N–H and O–H groups in total. The number of hydrogen-bond acceptors (Lipinski definition) is 4. The van der Waals surface area contributed by atoms with E-state index in [4.69, 9.17) is 4.74 Å². The van der Waals surface area contributed by atoms with E-state index >= 15 is 0 Å². The molecule has 0 bridgehead atoms. The molecule has 120 valence electrons. The average Bonchev–Trinajstić information content (AvgIpc) is 2.54. The number of rotatable bonds is 4. The van der Waals surface area contributed by atoms with Crippen molar-refractivity contribution in [2.24, 2.45) is 0 Å². The van der Waals surface area contributed by atoms with E-state index in [0.717, 1.165) is 4.47 Å². The van der Waals surface area contributed by atoms with Crippen LogP contribution in [0, 0.1) is 11.3 Å². The van der Waals surface area contributed by atoms with E-state index in [1.165, 1.54) is 13.0 Å². The number of halogens is 1. The van der Waals surface area contributed by atoms with Crippen molar-refractivity contribution in [2.45, 2.75) is 6.92 Å². The summed E-state index contributed by atoms with van der Waals surface area (Å²) in [5.41, 5.74) is 1.10. The van der Waals surface area contributed by atoms with Crippen molar-refractivity contribution in [1.82, 2.24) is 0 Å². The van der Waals surface area contributed by atoms with Gasteiger partial charge in [0.15, 0.2) is 0 Å². The number of nitriles is 1. The van der Waals surface area contributed by atoms with Gasteiger partial charge in [0.25, 0.3) is 5.91 Å². The van der Waals surface area contributed by atoms with E-state index in [1.54, 1.807) is 48.5 Å². The van der Waals surface area contributed by atoms with Gasteiger partial charge in [-0.2, -0.15) is 5.26 Å². The van der Waals surface area contributed by atoms with Crippen LogP contribution in [0.15, 0.2) is 58.6 Å². The van der Waals surface area contributed by atoms with Gasteiger partial charge in [-0.3, -0.25) is 9.59 Å². The maximum Gasteiger partial charge on any atom is 0.308 e.